The molecule has 0 atom stereocenters. The van der Waals surface area contributed by atoms with Gasteiger partial charge in [0.1, 0.15) is 11.6 Å². The number of hydrogen-bond donors (Lipinski definition) is 0. The number of rotatable bonds is 10. The SMILES string of the molecule is CCCCCCCCCCC(=O)c1cc(F)c(Cl)cc1F. The quantitative estimate of drug-likeness (QED) is 0.280. The fourth-order valence-corrected chi connectivity index (χ4v) is 2.44. The lowest BCUT2D eigenvalue weighted by atomic mass is 10.0. The van der Waals surface area contributed by atoms with Crippen LogP contribution in [0.4, 0.5) is 8.78 Å². The lowest BCUT2D eigenvalue weighted by Crippen LogP contribution is -2.03. The van der Waals surface area contributed by atoms with E-state index in [0.717, 1.165) is 31.4 Å². The molecule has 21 heavy (non-hydrogen) atoms. The van der Waals surface area contributed by atoms with Gasteiger partial charge in [0.15, 0.2) is 5.78 Å². The Morgan fingerprint density at radius 3 is 2.14 bits per heavy atom. The van der Waals surface area contributed by atoms with Crippen LogP contribution in [0.15, 0.2) is 12.1 Å². The highest BCUT2D eigenvalue weighted by Crippen LogP contribution is 2.21. The molecule has 0 saturated heterocycles. The van der Waals surface area contributed by atoms with Gasteiger partial charge in [-0.05, 0) is 18.6 Å². The Morgan fingerprint density at radius 1 is 0.952 bits per heavy atom. The monoisotopic (exact) mass is 316 g/mol. The van der Waals surface area contributed by atoms with E-state index in [0.29, 0.717) is 0 Å². The molecule has 0 aliphatic carbocycles. The van der Waals surface area contributed by atoms with Gasteiger partial charge in [-0.15, -0.1) is 0 Å². The van der Waals surface area contributed by atoms with Crippen LogP contribution in [0.1, 0.15) is 75.1 Å². The van der Waals surface area contributed by atoms with Gasteiger partial charge in [-0.3, -0.25) is 4.79 Å². The van der Waals surface area contributed by atoms with Crippen LogP contribution in [0.2, 0.25) is 5.02 Å². The first-order chi connectivity index (χ1) is 10.1. The molecule has 0 aliphatic rings. The van der Waals surface area contributed by atoms with Gasteiger partial charge in [0.25, 0.3) is 0 Å². The first-order valence-electron chi connectivity index (χ1n) is 7.74. The summed E-state index contributed by atoms with van der Waals surface area (Å²) in [5.74, 6) is -1.85. The van der Waals surface area contributed by atoms with E-state index < -0.39 is 11.6 Å². The average Bonchev–Trinajstić information content (AvgIpc) is 2.45. The Kier molecular flexibility index (Phi) is 8.51. The maximum absolute atomic E-state index is 13.6. The maximum Gasteiger partial charge on any atom is 0.165 e. The molecule has 118 valence electrons. The van der Waals surface area contributed by atoms with E-state index in [2.05, 4.69) is 6.92 Å². The van der Waals surface area contributed by atoms with Crippen molar-refractivity contribution in [2.75, 3.05) is 0 Å². The Bertz CT molecular complexity index is 460. The molecule has 0 spiro atoms. The largest absolute Gasteiger partial charge is 0.294 e. The number of halogens is 3. The van der Waals surface area contributed by atoms with Gasteiger partial charge in [-0.25, -0.2) is 8.78 Å². The highest BCUT2D eigenvalue weighted by molar-refractivity contribution is 6.30. The molecule has 0 fully saturated rings. The highest BCUT2D eigenvalue weighted by atomic mass is 35.5. The van der Waals surface area contributed by atoms with E-state index in [1.807, 2.05) is 0 Å². The van der Waals surface area contributed by atoms with Gasteiger partial charge in [-0.1, -0.05) is 63.5 Å². The van der Waals surface area contributed by atoms with Crippen molar-refractivity contribution in [1.82, 2.24) is 0 Å². The Labute approximate surface area is 130 Å². The number of carbonyl (C=O) groups is 1. The van der Waals surface area contributed by atoms with Gasteiger partial charge in [0.05, 0.1) is 10.6 Å². The lowest BCUT2D eigenvalue weighted by Gasteiger charge is -2.05. The summed E-state index contributed by atoms with van der Waals surface area (Å²) < 4.78 is 26.8. The zero-order valence-corrected chi connectivity index (χ0v) is 13.3. The van der Waals surface area contributed by atoms with Crippen molar-refractivity contribution in [2.45, 2.75) is 64.7 Å². The molecule has 1 rings (SSSR count). The predicted molar refractivity (Wildman–Crippen MR) is 82.9 cm³/mol. The number of ketones is 1. The molecule has 0 aliphatic heterocycles. The molecular formula is C17H23ClF2O. The van der Waals surface area contributed by atoms with Crippen LogP contribution in [0.25, 0.3) is 0 Å². The van der Waals surface area contributed by atoms with E-state index in [1.165, 1.54) is 32.1 Å². The molecule has 1 aromatic rings. The van der Waals surface area contributed by atoms with E-state index >= 15 is 0 Å². The Hall–Kier alpha value is -0.960. The summed E-state index contributed by atoms with van der Waals surface area (Å²) >= 11 is 5.46. The van der Waals surface area contributed by atoms with Gasteiger partial charge in [0, 0.05) is 6.42 Å². The minimum Gasteiger partial charge on any atom is -0.294 e. The van der Waals surface area contributed by atoms with Crippen molar-refractivity contribution in [3.63, 3.8) is 0 Å². The average molecular weight is 317 g/mol. The summed E-state index contributed by atoms with van der Waals surface area (Å²) in [6.45, 7) is 2.18. The van der Waals surface area contributed by atoms with Crippen LogP contribution >= 0.6 is 11.6 Å². The topological polar surface area (TPSA) is 17.1 Å². The molecule has 0 bridgehead atoms. The summed E-state index contributed by atoms with van der Waals surface area (Å²) in [5, 5.41) is -0.295. The second kappa shape index (κ2) is 9.88. The number of Topliss-reactive ketones (excluding diaryl/α,β-unsaturated/α-hetero) is 1. The summed E-state index contributed by atoms with van der Waals surface area (Å²) in [6.07, 6.45) is 9.21. The standard InChI is InChI=1S/C17H23ClF2O/c1-2-3-4-5-6-7-8-9-10-17(21)13-11-16(20)14(18)12-15(13)19/h11-12H,2-10H2,1H3. The third-order valence-corrected chi connectivity index (χ3v) is 3.86. The molecule has 0 heterocycles. The van der Waals surface area contributed by atoms with E-state index in [1.54, 1.807) is 0 Å². The summed E-state index contributed by atoms with van der Waals surface area (Å²) in [4.78, 5) is 11.9. The molecule has 0 aromatic heterocycles. The first kappa shape index (κ1) is 18.1. The zero-order chi connectivity index (χ0) is 15.7. The lowest BCUT2D eigenvalue weighted by molar-refractivity contribution is 0.0974. The summed E-state index contributed by atoms with van der Waals surface area (Å²) in [7, 11) is 0. The second-order valence-corrected chi connectivity index (χ2v) is 5.80. The number of unbranched alkanes of at least 4 members (excludes halogenated alkanes) is 7. The maximum atomic E-state index is 13.6. The van der Waals surface area contributed by atoms with Crippen LogP contribution in [0.3, 0.4) is 0 Å². The van der Waals surface area contributed by atoms with Gasteiger partial charge >= 0.3 is 0 Å². The van der Waals surface area contributed by atoms with Crippen LogP contribution < -0.4 is 0 Å². The second-order valence-electron chi connectivity index (χ2n) is 5.39. The molecule has 1 aromatic carbocycles. The van der Waals surface area contributed by atoms with Crippen molar-refractivity contribution < 1.29 is 13.6 Å². The van der Waals surface area contributed by atoms with E-state index in [9.17, 15) is 13.6 Å². The van der Waals surface area contributed by atoms with Crippen LogP contribution in [0.5, 0.6) is 0 Å². The zero-order valence-electron chi connectivity index (χ0n) is 12.6. The van der Waals surface area contributed by atoms with Crippen molar-refractivity contribution >= 4 is 17.4 Å². The molecule has 0 amide bonds. The third-order valence-electron chi connectivity index (χ3n) is 3.57. The molecule has 4 heteroatoms. The normalized spacial score (nSPS) is 10.9. The van der Waals surface area contributed by atoms with Crippen LogP contribution in [-0.2, 0) is 0 Å². The minimum absolute atomic E-state index is 0.195. The number of carbonyl (C=O) groups excluding carboxylic acids is 1. The number of hydrogen-bond acceptors (Lipinski definition) is 1. The molecular weight excluding hydrogens is 294 g/mol. The molecule has 0 unspecified atom stereocenters. The van der Waals surface area contributed by atoms with Gasteiger partial charge in [0.2, 0.25) is 0 Å². The predicted octanol–water partition coefficient (Wildman–Crippen LogP) is 6.33. The molecule has 1 nitrogen and oxygen atoms in total. The van der Waals surface area contributed by atoms with Crippen molar-refractivity contribution in [1.29, 1.82) is 0 Å². The van der Waals surface area contributed by atoms with Crippen LogP contribution in [-0.4, -0.2) is 5.78 Å². The van der Waals surface area contributed by atoms with E-state index in [4.69, 9.17) is 11.6 Å². The Morgan fingerprint density at radius 2 is 1.52 bits per heavy atom. The van der Waals surface area contributed by atoms with E-state index in [-0.39, 0.29) is 22.8 Å². The number of benzene rings is 1. The highest BCUT2D eigenvalue weighted by Gasteiger charge is 2.14. The third kappa shape index (κ3) is 6.56. The molecule has 0 saturated carbocycles. The van der Waals surface area contributed by atoms with Crippen molar-refractivity contribution in [3.8, 4) is 0 Å². The van der Waals surface area contributed by atoms with Gasteiger partial charge < -0.3 is 0 Å². The summed E-state index contributed by atoms with van der Waals surface area (Å²) in [6, 6.07) is 1.75. The molecule has 0 radical (unpaired) electrons. The fourth-order valence-electron chi connectivity index (χ4n) is 2.29. The molecule has 0 N–H and O–H groups in total. The van der Waals surface area contributed by atoms with Gasteiger partial charge in [-0.2, -0.15) is 0 Å². The smallest absolute Gasteiger partial charge is 0.165 e. The van der Waals surface area contributed by atoms with Crippen molar-refractivity contribution in [2.24, 2.45) is 0 Å². The van der Waals surface area contributed by atoms with Crippen molar-refractivity contribution in [3.05, 3.63) is 34.4 Å². The summed E-state index contributed by atoms with van der Waals surface area (Å²) in [5.41, 5.74) is -0.195. The fraction of sp³-hybridized carbons (Fsp3) is 0.588. The minimum atomic E-state index is -0.752. The Balaban J connectivity index is 2.27. The first-order valence-corrected chi connectivity index (χ1v) is 8.11. The van der Waals surface area contributed by atoms with Crippen LogP contribution in [0, 0.1) is 11.6 Å².